The van der Waals surface area contributed by atoms with Crippen molar-refractivity contribution in [2.75, 3.05) is 0 Å². The molecule has 1 fully saturated rings. The average Bonchev–Trinajstić information content (AvgIpc) is 2.76. The zero-order valence-electron chi connectivity index (χ0n) is 10.2. The van der Waals surface area contributed by atoms with E-state index < -0.39 is 0 Å². The van der Waals surface area contributed by atoms with Crippen molar-refractivity contribution in [2.24, 2.45) is 17.6 Å². The fourth-order valence-electron chi connectivity index (χ4n) is 2.98. The minimum Gasteiger partial charge on any atom is -0.469 e. The highest BCUT2D eigenvalue weighted by Gasteiger charge is 2.28. The average molecular weight is 221 g/mol. The van der Waals surface area contributed by atoms with Crippen molar-refractivity contribution in [3.63, 3.8) is 0 Å². The van der Waals surface area contributed by atoms with Gasteiger partial charge in [0.1, 0.15) is 5.76 Å². The van der Waals surface area contributed by atoms with Crippen LogP contribution in [0.25, 0.3) is 0 Å². The smallest absolute Gasteiger partial charge is 0.104 e. The molecule has 2 nitrogen and oxygen atoms in total. The lowest BCUT2D eigenvalue weighted by molar-refractivity contribution is 0.214. The molecule has 1 aliphatic rings. The van der Waals surface area contributed by atoms with E-state index in [1.807, 2.05) is 6.07 Å². The summed E-state index contributed by atoms with van der Waals surface area (Å²) in [5, 5.41) is 0. The maximum Gasteiger partial charge on any atom is 0.104 e. The van der Waals surface area contributed by atoms with Gasteiger partial charge in [-0.15, -0.1) is 0 Å². The molecule has 16 heavy (non-hydrogen) atoms. The van der Waals surface area contributed by atoms with Crippen LogP contribution in [0.4, 0.5) is 0 Å². The third-order valence-corrected chi connectivity index (χ3v) is 3.89. The predicted molar refractivity (Wildman–Crippen MR) is 66.1 cm³/mol. The first-order valence-electron chi connectivity index (χ1n) is 6.57. The van der Waals surface area contributed by atoms with Crippen LogP contribution in [0, 0.1) is 11.8 Å². The molecule has 1 aliphatic carbocycles. The molecule has 2 N–H and O–H groups in total. The Morgan fingerprint density at radius 2 is 2.31 bits per heavy atom. The largest absolute Gasteiger partial charge is 0.469 e. The predicted octanol–water partition coefficient (Wildman–Crippen LogP) is 3.37. The van der Waals surface area contributed by atoms with Crippen LogP contribution in [0.1, 0.15) is 44.8 Å². The molecule has 1 saturated carbocycles. The molecular formula is C14H23NO. The summed E-state index contributed by atoms with van der Waals surface area (Å²) in [5.41, 5.74) is 6.21. The number of rotatable bonds is 4. The molecular weight excluding hydrogens is 198 g/mol. The molecule has 0 radical (unpaired) electrons. The van der Waals surface area contributed by atoms with E-state index in [0.29, 0.717) is 12.0 Å². The number of hydrogen-bond acceptors (Lipinski definition) is 2. The van der Waals surface area contributed by atoms with E-state index >= 15 is 0 Å². The van der Waals surface area contributed by atoms with Crippen LogP contribution in [0.5, 0.6) is 0 Å². The van der Waals surface area contributed by atoms with Crippen molar-refractivity contribution in [1.82, 2.24) is 0 Å². The molecule has 1 aromatic rings. The highest BCUT2D eigenvalue weighted by atomic mass is 16.3. The van der Waals surface area contributed by atoms with Crippen molar-refractivity contribution < 1.29 is 4.42 Å². The Labute approximate surface area is 98.2 Å². The van der Waals surface area contributed by atoms with Crippen molar-refractivity contribution in [1.29, 1.82) is 0 Å². The molecule has 3 atom stereocenters. The topological polar surface area (TPSA) is 39.2 Å². The van der Waals surface area contributed by atoms with Crippen LogP contribution >= 0.6 is 0 Å². The summed E-state index contributed by atoms with van der Waals surface area (Å²) < 4.78 is 5.42. The zero-order chi connectivity index (χ0) is 11.4. The van der Waals surface area contributed by atoms with E-state index in [-0.39, 0.29) is 0 Å². The highest BCUT2D eigenvalue weighted by molar-refractivity contribution is 5.01. The normalized spacial score (nSPS) is 30.5. The third-order valence-electron chi connectivity index (χ3n) is 3.89. The third kappa shape index (κ3) is 2.88. The lowest BCUT2D eigenvalue weighted by atomic mass is 9.75. The van der Waals surface area contributed by atoms with Gasteiger partial charge in [-0.1, -0.05) is 19.8 Å². The molecule has 1 heterocycles. The van der Waals surface area contributed by atoms with Crippen molar-refractivity contribution >= 4 is 0 Å². The van der Waals surface area contributed by atoms with Gasteiger partial charge in [0, 0.05) is 12.5 Å². The number of nitrogens with two attached hydrogens (primary N) is 1. The lowest BCUT2D eigenvalue weighted by Gasteiger charge is -2.33. The van der Waals surface area contributed by atoms with Crippen LogP contribution in [-0.2, 0) is 6.42 Å². The van der Waals surface area contributed by atoms with Gasteiger partial charge in [-0.05, 0) is 43.2 Å². The molecule has 1 aromatic heterocycles. The Kier molecular flexibility index (Phi) is 4.05. The minimum atomic E-state index is 0.373. The monoisotopic (exact) mass is 221 g/mol. The summed E-state index contributed by atoms with van der Waals surface area (Å²) in [7, 11) is 0. The van der Waals surface area contributed by atoms with E-state index in [1.54, 1.807) is 6.26 Å². The molecule has 0 aromatic carbocycles. The van der Waals surface area contributed by atoms with Crippen molar-refractivity contribution in [2.45, 2.75) is 51.5 Å². The van der Waals surface area contributed by atoms with E-state index in [1.165, 1.54) is 32.1 Å². The van der Waals surface area contributed by atoms with Gasteiger partial charge in [-0.3, -0.25) is 0 Å². The maximum atomic E-state index is 6.21. The van der Waals surface area contributed by atoms with Gasteiger partial charge in [0.15, 0.2) is 0 Å². The maximum absolute atomic E-state index is 6.21. The Morgan fingerprint density at radius 3 is 3.00 bits per heavy atom. The first kappa shape index (κ1) is 11.7. The van der Waals surface area contributed by atoms with Gasteiger partial charge >= 0.3 is 0 Å². The first-order valence-corrected chi connectivity index (χ1v) is 6.57. The summed E-state index contributed by atoms with van der Waals surface area (Å²) in [6.07, 6.45) is 9.24. The fourth-order valence-corrected chi connectivity index (χ4v) is 2.98. The Hall–Kier alpha value is -0.760. The van der Waals surface area contributed by atoms with Gasteiger partial charge in [-0.25, -0.2) is 0 Å². The first-order chi connectivity index (χ1) is 7.79. The van der Waals surface area contributed by atoms with E-state index in [0.717, 1.165) is 18.1 Å². The molecule has 0 saturated heterocycles. The minimum absolute atomic E-state index is 0.373. The Bertz CT molecular complexity index is 294. The Balaban J connectivity index is 1.91. The lowest BCUT2D eigenvalue weighted by Crippen LogP contribution is -2.37. The van der Waals surface area contributed by atoms with Gasteiger partial charge in [-0.2, -0.15) is 0 Å². The van der Waals surface area contributed by atoms with Gasteiger partial charge in [0.2, 0.25) is 0 Å². The van der Waals surface area contributed by atoms with Gasteiger partial charge in [0.25, 0.3) is 0 Å². The van der Waals surface area contributed by atoms with Crippen LogP contribution in [0.2, 0.25) is 0 Å². The zero-order valence-corrected chi connectivity index (χ0v) is 10.2. The molecule has 90 valence electrons. The van der Waals surface area contributed by atoms with Crippen LogP contribution in [0.15, 0.2) is 22.8 Å². The molecule has 0 amide bonds. The summed E-state index contributed by atoms with van der Waals surface area (Å²) in [6, 6.07) is 4.40. The van der Waals surface area contributed by atoms with Crippen molar-refractivity contribution in [3.8, 4) is 0 Å². The molecule has 2 rings (SSSR count). The standard InChI is InChI=1S/C14H23NO/c1-2-4-11-6-7-14(15)12(9-11)10-13-5-3-8-16-13/h3,5,8,11-12,14H,2,4,6-7,9-10,15H2,1H3. The molecule has 2 heteroatoms. The van der Waals surface area contributed by atoms with E-state index in [9.17, 15) is 0 Å². The van der Waals surface area contributed by atoms with Gasteiger partial charge in [0.05, 0.1) is 6.26 Å². The SMILES string of the molecule is CCCC1CCC(N)C(Cc2ccco2)C1. The van der Waals surface area contributed by atoms with Gasteiger partial charge < -0.3 is 10.2 Å². The molecule has 0 aliphatic heterocycles. The summed E-state index contributed by atoms with van der Waals surface area (Å²) in [5.74, 6) is 2.61. The second kappa shape index (κ2) is 5.53. The molecule has 0 bridgehead atoms. The second-order valence-electron chi connectivity index (χ2n) is 5.18. The Morgan fingerprint density at radius 1 is 1.44 bits per heavy atom. The van der Waals surface area contributed by atoms with Crippen molar-refractivity contribution in [3.05, 3.63) is 24.2 Å². The van der Waals surface area contributed by atoms with E-state index in [4.69, 9.17) is 10.2 Å². The van der Waals surface area contributed by atoms with E-state index in [2.05, 4.69) is 13.0 Å². The second-order valence-corrected chi connectivity index (χ2v) is 5.18. The molecule has 3 unspecified atom stereocenters. The summed E-state index contributed by atoms with van der Waals surface area (Å²) in [4.78, 5) is 0. The van der Waals surface area contributed by atoms with Crippen LogP contribution in [0.3, 0.4) is 0 Å². The summed E-state index contributed by atoms with van der Waals surface area (Å²) in [6.45, 7) is 2.27. The molecule has 0 spiro atoms. The quantitative estimate of drug-likeness (QED) is 0.846. The number of hydrogen-bond donors (Lipinski definition) is 1. The van der Waals surface area contributed by atoms with Crippen LogP contribution in [-0.4, -0.2) is 6.04 Å². The fraction of sp³-hybridized carbons (Fsp3) is 0.714. The van der Waals surface area contributed by atoms with Crippen LogP contribution < -0.4 is 5.73 Å². The summed E-state index contributed by atoms with van der Waals surface area (Å²) >= 11 is 0. The number of furan rings is 1. The highest BCUT2D eigenvalue weighted by Crippen LogP contribution is 2.33.